The number of aryl methyl sites for hydroxylation is 1. The zero-order valence-electron chi connectivity index (χ0n) is 14.3. The number of nitrogen functional groups attached to an aromatic ring is 1. The summed E-state index contributed by atoms with van der Waals surface area (Å²) in [6.07, 6.45) is 0.703. The second kappa shape index (κ2) is 6.44. The number of hydrogen-bond acceptors (Lipinski definition) is 6. The minimum Gasteiger partial charge on any atom is -0.383 e. The molecule has 1 aromatic heterocycles. The molecular weight excluding hydrogens is 338 g/mol. The quantitative estimate of drug-likeness (QED) is 0.795. The Kier molecular flexibility index (Phi) is 4.47. The summed E-state index contributed by atoms with van der Waals surface area (Å²) in [6.45, 7) is 4.20. The highest BCUT2D eigenvalue weighted by molar-refractivity contribution is 7.92. The average Bonchev–Trinajstić information content (AvgIpc) is 2.86. The van der Waals surface area contributed by atoms with Gasteiger partial charge < -0.3 is 5.73 Å². The van der Waals surface area contributed by atoms with Crippen molar-refractivity contribution in [3.8, 4) is 0 Å². The number of amides is 1. The Morgan fingerprint density at radius 1 is 1.28 bits per heavy atom. The molecule has 0 spiro atoms. The molecule has 0 bridgehead atoms. The molecule has 0 fully saturated rings. The fourth-order valence-corrected chi connectivity index (χ4v) is 4.03. The van der Waals surface area contributed by atoms with E-state index in [-0.39, 0.29) is 29.1 Å². The maximum Gasteiger partial charge on any atom is 0.233 e. The molecule has 7 nitrogen and oxygen atoms in total. The summed E-state index contributed by atoms with van der Waals surface area (Å²) in [4.78, 5) is 22.3. The second-order valence-corrected chi connectivity index (χ2v) is 8.34. The molecule has 1 aromatic carbocycles. The van der Waals surface area contributed by atoms with E-state index in [1.807, 2.05) is 38.1 Å². The van der Waals surface area contributed by atoms with Crippen LogP contribution in [0.5, 0.6) is 0 Å². The van der Waals surface area contributed by atoms with Crippen molar-refractivity contribution in [3.05, 3.63) is 41.0 Å². The van der Waals surface area contributed by atoms with E-state index >= 15 is 0 Å². The maximum atomic E-state index is 12.5. The lowest BCUT2D eigenvalue weighted by atomic mass is 10.1. The summed E-state index contributed by atoms with van der Waals surface area (Å²) < 4.78 is 20.5. The van der Waals surface area contributed by atoms with Crippen LogP contribution >= 0.6 is 0 Å². The van der Waals surface area contributed by atoms with Crippen molar-refractivity contribution >= 4 is 27.3 Å². The maximum absolute atomic E-state index is 12.5. The van der Waals surface area contributed by atoms with Gasteiger partial charge in [0.25, 0.3) is 0 Å². The standard InChI is InChI=1S/C17H21N5O2S/c1-3-8-25(19,24)17-20-15(18)13-9-14(23)22(16(13)21-17)10-12-6-4-11(2)5-7-12/h4-7,19H,3,8-10H2,1-2H3,(H2,18,20,21). The van der Waals surface area contributed by atoms with Crippen LogP contribution in [0.1, 0.15) is 30.0 Å². The number of nitrogens with zero attached hydrogens (tertiary/aromatic N) is 3. The molecule has 25 heavy (non-hydrogen) atoms. The monoisotopic (exact) mass is 359 g/mol. The lowest BCUT2D eigenvalue weighted by Crippen LogP contribution is -2.27. The molecule has 1 aliphatic rings. The first kappa shape index (κ1) is 17.3. The topological polar surface area (TPSA) is 113 Å². The molecule has 1 atom stereocenters. The van der Waals surface area contributed by atoms with Crippen LogP contribution in [0.25, 0.3) is 0 Å². The Morgan fingerprint density at radius 2 is 1.96 bits per heavy atom. The minimum atomic E-state index is -3.11. The third-order valence-corrected chi connectivity index (χ3v) is 5.88. The van der Waals surface area contributed by atoms with Crippen molar-refractivity contribution in [2.45, 2.75) is 38.4 Å². The number of benzene rings is 1. The van der Waals surface area contributed by atoms with Crippen molar-refractivity contribution in [3.63, 3.8) is 0 Å². The summed E-state index contributed by atoms with van der Waals surface area (Å²) in [5.41, 5.74) is 8.61. The van der Waals surface area contributed by atoms with E-state index in [1.165, 1.54) is 4.90 Å². The number of nitrogens with one attached hydrogen (secondary N) is 1. The van der Waals surface area contributed by atoms with E-state index in [1.54, 1.807) is 0 Å². The molecule has 1 amide bonds. The van der Waals surface area contributed by atoms with Crippen molar-refractivity contribution in [2.24, 2.45) is 0 Å². The molecule has 1 unspecified atom stereocenters. The Balaban J connectivity index is 2.01. The van der Waals surface area contributed by atoms with E-state index in [0.717, 1.165) is 11.1 Å². The highest BCUT2D eigenvalue weighted by Gasteiger charge is 2.33. The van der Waals surface area contributed by atoms with E-state index in [9.17, 15) is 9.00 Å². The number of nitrogens with two attached hydrogens (primary N) is 1. The van der Waals surface area contributed by atoms with Gasteiger partial charge >= 0.3 is 0 Å². The predicted octanol–water partition coefficient (Wildman–Crippen LogP) is 2.27. The number of carbonyl (C=O) groups is 1. The Bertz CT molecular complexity index is 923. The van der Waals surface area contributed by atoms with Crippen LogP contribution in [0, 0.1) is 11.7 Å². The van der Waals surface area contributed by atoms with Crippen LogP contribution in [0.4, 0.5) is 11.6 Å². The van der Waals surface area contributed by atoms with Crippen molar-refractivity contribution < 1.29 is 9.00 Å². The van der Waals surface area contributed by atoms with E-state index in [4.69, 9.17) is 10.5 Å². The summed E-state index contributed by atoms with van der Waals surface area (Å²) in [6, 6.07) is 7.87. The molecule has 0 saturated heterocycles. The third-order valence-electron chi connectivity index (χ3n) is 4.13. The molecule has 0 aliphatic carbocycles. The first-order valence-corrected chi connectivity index (χ1v) is 9.83. The van der Waals surface area contributed by atoms with E-state index in [0.29, 0.717) is 24.3 Å². The smallest absolute Gasteiger partial charge is 0.233 e. The normalized spacial score (nSPS) is 15.9. The van der Waals surface area contributed by atoms with Crippen LogP contribution in [0.2, 0.25) is 0 Å². The molecule has 0 radical (unpaired) electrons. The number of aromatic nitrogens is 2. The highest BCUT2D eigenvalue weighted by atomic mass is 32.2. The minimum absolute atomic E-state index is 0.0887. The van der Waals surface area contributed by atoms with Crippen LogP contribution in [0.3, 0.4) is 0 Å². The Labute approximate surface area is 147 Å². The Hall–Kier alpha value is -2.48. The Morgan fingerprint density at radius 3 is 2.60 bits per heavy atom. The SMILES string of the molecule is CCCS(=N)(=O)c1nc(N)c2c(n1)N(Cc1ccc(C)cc1)C(=O)C2. The molecule has 132 valence electrons. The molecule has 2 aromatic rings. The summed E-state index contributed by atoms with van der Waals surface area (Å²) in [5.74, 6) is 0.553. The van der Waals surface area contributed by atoms with Gasteiger partial charge in [0.2, 0.25) is 11.1 Å². The van der Waals surface area contributed by atoms with Crippen molar-refractivity contribution in [1.29, 1.82) is 4.78 Å². The molecule has 3 N–H and O–H groups in total. The van der Waals surface area contributed by atoms with Gasteiger partial charge in [0.15, 0.2) is 0 Å². The van der Waals surface area contributed by atoms with Crippen LogP contribution in [-0.2, 0) is 27.5 Å². The average molecular weight is 359 g/mol. The largest absolute Gasteiger partial charge is 0.383 e. The lowest BCUT2D eigenvalue weighted by Gasteiger charge is -2.18. The van der Waals surface area contributed by atoms with Crippen LogP contribution in [0.15, 0.2) is 29.4 Å². The fraction of sp³-hybridized carbons (Fsp3) is 0.353. The van der Waals surface area contributed by atoms with Crippen molar-refractivity contribution in [1.82, 2.24) is 9.97 Å². The van der Waals surface area contributed by atoms with Gasteiger partial charge in [0, 0.05) is 11.3 Å². The number of carbonyl (C=O) groups excluding carboxylic acids is 1. The van der Waals surface area contributed by atoms with Gasteiger partial charge in [-0.3, -0.25) is 9.69 Å². The first-order valence-electron chi connectivity index (χ1n) is 8.10. The van der Waals surface area contributed by atoms with Gasteiger partial charge in [-0.25, -0.2) is 19.0 Å². The number of anilines is 2. The lowest BCUT2D eigenvalue weighted by molar-refractivity contribution is -0.117. The number of fused-ring (bicyclic) bond motifs is 1. The zero-order chi connectivity index (χ0) is 18.2. The van der Waals surface area contributed by atoms with Gasteiger partial charge in [-0.05, 0) is 18.9 Å². The van der Waals surface area contributed by atoms with Crippen molar-refractivity contribution in [2.75, 3.05) is 16.4 Å². The van der Waals surface area contributed by atoms with Gasteiger partial charge in [-0.15, -0.1) is 0 Å². The molecule has 2 heterocycles. The zero-order valence-corrected chi connectivity index (χ0v) is 15.1. The number of hydrogen-bond donors (Lipinski definition) is 2. The van der Waals surface area contributed by atoms with E-state index in [2.05, 4.69) is 9.97 Å². The first-order chi connectivity index (χ1) is 11.8. The van der Waals surface area contributed by atoms with Crippen LogP contribution < -0.4 is 10.6 Å². The summed E-state index contributed by atoms with van der Waals surface area (Å²) in [5, 5.41) is -0.0887. The van der Waals surface area contributed by atoms with Gasteiger partial charge in [-0.2, -0.15) is 0 Å². The molecule has 3 rings (SSSR count). The molecule has 0 saturated carbocycles. The second-order valence-electron chi connectivity index (χ2n) is 6.22. The van der Waals surface area contributed by atoms with Gasteiger partial charge in [0.05, 0.1) is 13.0 Å². The molecule has 1 aliphatic heterocycles. The third kappa shape index (κ3) is 3.34. The summed E-state index contributed by atoms with van der Waals surface area (Å²) in [7, 11) is -3.11. The molecular formula is C17H21N5O2S. The van der Waals surface area contributed by atoms with E-state index < -0.39 is 9.73 Å². The fourth-order valence-electron chi connectivity index (χ4n) is 2.79. The number of rotatable bonds is 5. The molecule has 8 heteroatoms. The highest BCUT2D eigenvalue weighted by Crippen LogP contribution is 2.32. The summed E-state index contributed by atoms with van der Waals surface area (Å²) >= 11 is 0. The predicted molar refractivity (Wildman–Crippen MR) is 96.8 cm³/mol. The van der Waals surface area contributed by atoms with Crippen LogP contribution in [-0.4, -0.2) is 25.8 Å². The van der Waals surface area contributed by atoms with Gasteiger partial charge in [0.1, 0.15) is 21.4 Å². The van der Waals surface area contributed by atoms with Gasteiger partial charge in [-0.1, -0.05) is 36.8 Å².